The van der Waals surface area contributed by atoms with E-state index in [0.29, 0.717) is 6.54 Å². The highest BCUT2D eigenvalue weighted by Crippen LogP contribution is 2.37. The van der Waals surface area contributed by atoms with E-state index in [4.69, 9.17) is 10.5 Å². The van der Waals surface area contributed by atoms with Crippen LogP contribution in [0.1, 0.15) is 17.6 Å². The molecule has 1 aliphatic rings. The second kappa shape index (κ2) is 5.03. The quantitative estimate of drug-likeness (QED) is 0.779. The van der Waals surface area contributed by atoms with Crippen LogP contribution in [0.2, 0.25) is 0 Å². The number of nitrogens with one attached hydrogen (secondary N) is 1. The van der Waals surface area contributed by atoms with Crippen LogP contribution >= 0.6 is 0 Å². The molecule has 1 unspecified atom stereocenters. The van der Waals surface area contributed by atoms with Crippen LogP contribution in [0.25, 0.3) is 11.0 Å². The molecule has 0 amide bonds. The number of fused-ring (bicyclic) bond motifs is 2. The Morgan fingerprint density at radius 1 is 1.27 bits per heavy atom. The summed E-state index contributed by atoms with van der Waals surface area (Å²) >= 11 is 0. The fourth-order valence-corrected chi connectivity index (χ4v) is 2.98. The smallest absolute Gasteiger partial charge is 0.196 e. The minimum atomic E-state index is -0.165. The molecule has 0 fully saturated rings. The Kier molecular flexibility index (Phi) is 3.01. The summed E-state index contributed by atoms with van der Waals surface area (Å²) in [5.74, 6) is 1.87. The van der Waals surface area contributed by atoms with E-state index in [1.165, 1.54) is 0 Å². The van der Waals surface area contributed by atoms with E-state index in [9.17, 15) is 0 Å². The third-order valence-electron chi connectivity index (χ3n) is 4.04. The number of anilines is 1. The van der Waals surface area contributed by atoms with Gasteiger partial charge in [0.25, 0.3) is 0 Å². The zero-order valence-corrected chi connectivity index (χ0v) is 12.4. The van der Waals surface area contributed by atoms with E-state index in [-0.39, 0.29) is 6.23 Å². The predicted octanol–water partition coefficient (Wildman–Crippen LogP) is 2.81. The number of aromatic nitrogens is 2. The number of nitrogens with zero attached hydrogens (tertiary/aromatic N) is 2. The normalized spacial score (nSPS) is 16.4. The molecule has 2 heterocycles. The van der Waals surface area contributed by atoms with Gasteiger partial charge in [-0.3, -0.25) is 0 Å². The molecule has 0 aliphatic carbocycles. The van der Waals surface area contributed by atoms with E-state index in [0.717, 1.165) is 40.4 Å². The van der Waals surface area contributed by atoms with Crippen LogP contribution in [0.15, 0.2) is 42.5 Å². The zero-order valence-electron chi connectivity index (χ0n) is 12.4. The van der Waals surface area contributed by atoms with Crippen molar-refractivity contribution in [2.24, 2.45) is 5.73 Å². The summed E-state index contributed by atoms with van der Waals surface area (Å²) in [7, 11) is 0. The van der Waals surface area contributed by atoms with Crippen LogP contribution in [0.4, 0.5) is 5.69 Å². The topological polar surface area (TPSA) is 65.1 Å². The Morgan fingerprint density at radius 2 is 2.14 bits per heavy atom. The maximum atomic E-state index is 5.96. The van der Waals surface area contributed by atoms with Gasteiger partial charge < -0.3 is 20.4 Å². The van der Waals surface area contributed by atoms with Gasteiger partial charge in [0.2, 0.25) is 0 Å². The van der Waals surface area contributed by atoms with Gasteiger partial charge in [-0.15, -0.1) is 0 Å². The summed E-state index contributed by atoms with van der Waals surface area (Å²) in [6.07, 6.45) is -0.165. The summed E-state index contributed by atoms with van der Waals surface area (Å²) < 4.78 is 8.11. The molecule has 5 heteroatoms. The van der Waals surface area contributed by atoms with Gasteiger partial charge in [-0.1, -0.05) is 18.2 Å². The Bertz CT molecular complexity index is 815. The summed E-state index contributed by atoms with van der Waals surface area (Å²) in [5, 5.41) is 3.39. The molecular formula is C17H18N4O. The molecule has 4 rings (SSSR count). The van der Waals surface area contributed by atoms with Crippen molar-refractivity contribution in [3.63, 3.8) is 0 Å². The average Bonchev–Trinajstić information content (AvgIpc) is 3.09. The van der Waals surface area contributed by atoms with Crippen LogP contribution in [0, 0.1) is 6.92 Å². The summed E-state index contributed by atoms with van der Waals surface area (Å²) in [6, 6.07) is 14.2. The second-order valence-corrected chi connectivity index (χ2v) is 5.49. The van der Waals surface area contributed by atoms with Crippen LogP contribution in [0.5, 0.6) is 5.75 Å². The standard InChI is InChI=1S/C17H18N4O/c1-11-19-14-10-12(6-7-15(14)21(11)9-8-18)17-20-13-4-2-3-5-16(13)22-17/h2-7,10,17,20H,8-9,18H2,1H3. The van der Waals surface area contributed by atoms with Crippen molar-refractivity contribution in [1.82, 2.24) is 9.55 Å². The predicted molar refractivity (Wildman–Crippen MR) is 87.0 cm³/mol. The molecule has 3 N–H and O–H groups in total. The van der Waals surface area contributed by atoms with E-state index in [1.54, 1.807) is 0 Å². The first-order chi connectivity index (χ1) is 10.8. The molecule has 1 atom stereocenters. The van der Waals surface area contributed by atoms with Crippen molar-refractivity contribution in [2.45, 2.75) is 19.7 Å². The van der Waals surface area contributed by atoms with Gasteiger partial charge in [-0.05, 0) is 31.2 Å². The van der Waals surface area contributed by atoms with Crippen molar-refractivity contribution < 1.29 is 4.74 Å². The number of imidazole rings is 1. The van der Waals surface area contributed by atoms with E-state index < -0.39 is 0 Å². The molecule has 2 aromatic carbocycles. The zero-order chi connectivity index (χ0) is 15.1. The first-order valence-electron chi connectivity index (χ1n) is 7.45. The maximum Gasteiger partial charge on any atom is 0.196 e. The van der Waals surface area contributed by atoms with Gasteiger partial charge in [-0.25, -0.2) is 4.98 Å². The molecular weight excluding hydrogens is 276 g/mol. The van der Waals surface area contributed by atoms with Gasteiger partial charge in [0, 0.05) is 18.7 Å². The molecule has 5 nitrogen and oxygen atoms in total. The minimum absolute atomic E-state index is 0.165. The molecule has 1 aliphatic heterocycles. The number of hydrogen-bond donors (Lipinski definition) is 2. The summed E-state index contributed by atoms with van der Waals surface area (Å²) in [4.78, 5) is 4.64. The molecule has 0 bridgehead atoms. The SMILES string of the molecule is Cc1nc2cc(C3Nc4ccccc4O3)ccc2n1CCN. The lowest BCUT2D eigenvalue weighted by Gasteiger charge is -2.12. The monoisotopic (exact) mass is 294 g/mol. The van der Waals surface area contributed by atoms with Crippen LogP contribution in [-0.2, 0) is 6.54 Å². The largest absolute Gasteiger partial charge is 0.464 e. The fourth-order valence-electron chi connectivity index (χ4n) is 2.98. The van der Waals surface area contributed by atoms with Crippen molar-refractivity contribution in [3.8, 4) is 5.75 Å². The van der Waals surface area contributed by atoms with Crippen molar-refractivity contribution in [3.05, 3.63) is 53.9 Å². The van der Waals surface area contributed by atoms with Crippen molar-refractivity contribution >= 4 is 16.7 Å². The Balaban J connectivity index is 1.70. The molecule has 1 aromatic heterocycles. The fraction of sp³-hybridized carbons (Fsp3) is 0.235. The third-order valence-corrected chi connectivity index (χ3v) is 4.04. The van der Waals surface area contributed by atoms with Gasteiger partial charge in [0.15, 0.2) is 6.23 Å². The third kappa shape index (κ3) is 2.02. The Morgan fingerprint density at radius 3 is 2.95 bits per heavy atom. The number of ether oxygens (including phenoxy) is 1. The van der Waals surface area contributed by atoms with E-state index >= 15 is 0 Å². The van der Waals surface area contributed by atoms with Crippen LogP contribution < -0.4 is 15.8 Å². The average molecular weight is 294 g/mol. The van der Waals surface area contributed by atoms with Gasteiger partial charge in [-0.2, -0.15) is 0 Å². The van der Waals surface area contributed by atoms with Gasteiger partial charge in [0.1, 0.15) is 11.6 Å². The van der Waals surface area contributed by atoms with E-state index in [2.05, 4.69) is 33.1 Å². The van der Waals surface area contributed by atoms with Gasteiger partial charge >= 0.3 is 0 Å². The number of rotatable bonds is 3. The second-order valence-electron chi connectivity index (χ2n) is 5.49. The van der Waals surface area contributed by atoms with Crippen molar-refractivity contribution in [2.75, 3.05) is 11.9 Å². The molecule has 112 valence electrons. The van der Waals surface area contributed by atoms with E-state index in [1.807, 2.05) is 31.2 Å². The van der Waals surface area contributed by atoms with Gasteiger partial charge in [0.05, 0.1) is 16.7 Å². The molecule has 3 aromatic rings. The molecule has 0 radical (unpaired) electrons. The first-order valence-corrected chi connectivity index (χ1v) is 7.45. The first kappa shape index (κ1) is 13.2. The molecule has 0 saturated carbocycles. The minimum Gasteiger partial charge on any atom is -0.464 e. The van der Waals surface area contributed by atoms with Crippen LogP contribution in [0.3, 0.4) is 0 Å². The highest BCUT2D eigenvalue weighted by molar-refractivity contribution is 5.77. The summed E-state index contributed by atoms with van der Waals surface area (Å²) in [6.45, 7) is 3.40. The molecule has 22 heavy (non-hydrogen) atoms. The Hall–Kier alpha value is -2.53. The summed E-state index contributed by atoms with van der Waals surface area (Å²) in [5.41, 5.74) is 9.86. The van der Waals surface area contributed by atoms with Crippen molar-refractivity contribution in [1.29, 1.82) is 0 Å². The maximum absolute atomic E-state index is 5.96. The molecule has 0 spiro atoms. The lowest BCUT2D eigenvalue weighted by atomic mass is 10.1. The Labute approximate surface area is 128 Å². The highest BCUT2D eigenvalue weighted by atomic mass is 16.5. The number of benzene rings is 2. The lowest BCUT2D eigenvalue weighted by molar-refractivity contribution is 0.260. The lowest BCUT2D eigenvalue weighted by Crippen LogP contribution is -2.11. The number of para-hydroxylation sites is 2. The number of nitrogens with two attached hydrogens (primary N) is 1. The van der Waals surface area contributed by atoms with Crippen LogP contribution in [-0.4, -0.2) is 16.1 Å². The number of hydrogen-bond acceptors (Lipinski definition) is 4. The number of aryl methyl sites for hydroxylation is 1. The molecule has 0 saturated heterocycles. The highest BCUT2D eigenvalue weighted by Gasteiger charge is 2.23.